The molecule has 0 aliphatic heterocycles. The minimum atomic E-state index is 1.07. The predicted octanol–water partition coefficient (Wildman–Crippen LogP) is 3.58. The molecule has 0 unspecified atom stereocenters. The smallest absolute Gasteiger partial charge is 0.0324 e. The first-order valence-corrected chi connectivity index (χ1v) is 5.24. The third-order valence-electron chi connectivity index (χ3n) is 2.44. The summed E-state index contributed by atoms with van der Waals surface area (Å²) in [5.74, 6) is 12.1. The van der Waals surface area contributed by atoms with Gasteiger partial charge in [-0.2, -0.15) is 0 Å². The van der Waals surface area contributed by atoms with E-state index < -0.39 is 0 Å². The van der Waals surface area contributed by atoms with E-state index in [0.717, 1.165) is 11.1 Å². The summed E-state index contributed by atoms with van der Waals surface area (Å²) >= 11 is 0. The summed E-state index contributed by atoms with van der Waals surface area (Å²) in [5, 5.41) is 2.36. The Labute approximate surface area is 96.3 Å². The SMILES string of the molecule is CC#Cc1cccc2c(C#CC)cccc12. The van der Waals surface area contributed by atoms with E-state index >= 15 is 0 Å². The first-order valence-electron chi connectivity index (χ1n) is 5.24. The third kappa shape index (κ3) is 1.79. The van der Waals surface area contributed by atoms with Crippen molar-refractivity contribution in [2.45, 2.75) is 13.8 Å². The molecule has 76 valence electrons. The summed E-state index contributed by atoms with van der Waals surface area (Å²) in [6, 6.07) is 12.3. The van der Waals surface area contributed by atoms with Crippen LogP contribution in [-0.4, -0.2) is 0 Å². The Morgan fingerprint density at radius 2 is 1.12 bits per heavy atom. The van der Waals surface area contributed by atoms with Crippen molar-refractivity contribution >= 4 is 10.8 Å². The largest absolute Gasteiger partial charge is 0.101 e. The van der Waals surface area contributed by atoms with Crippen molar-refractivity contribution in [1.29, 1.82) is 0 Å². The summed E-state index contributed by atoms with van der Waals surface area (Å²) < 4.78 is 0. The number of rotatable bonds is 0. The lowest BCUT2D eigenvalue weighted by molar-refractivity contribution is 1.66. The maximum absolute atomic E-state index is 3.12. The molecular formula is C16H12. The Hall–Kier alpha value is -2.18. The van der Waals surface area contributed by atoms with Crippen LogP contribution in [0.5, 0.6) is 0 Å². The molecular weight excluding hydrogens is 192 g/mol. The van der Waals surface area contributed by atoms with Crippen molar-refractivity contribution in [3.63, 3.8) is 0 Å². The minimum absolute atomic E-state index is 1.07. The van der Waals surface area contributed by atoms with Gasteiger partial charge in [0.05, 0.1) is 0 Å². The Balaban J connectivity index is 2.82. The van der Waals surface area contributed by atoms with E-state index in [2.05, 4.69) is 35.8 Å². The van der Waals surface area contributed by atoms with Gasteiger partial charge >= 0.3 is 0 Å². The molecule has 0 aliphatic rings. The van der Waals surface area contributed by atoms with Crippen LogP contribution in [0.1, 0.15) is 25.0 Å². The van der Waals surface area contributed by atoms with Crippen molar-refractivity contribution in [2.75, 3.05) is 0 Å². The van der Waals surface area contributed by atoms with Crippen LogP contribution < -0.4 is 0 Å². The molecule has 0 aromatic heterocycles. The van der Waals surface area contributed by atoms with E-state index in [4.69, 9.17) is 0 Å². The maximum atomic E-state index is 3.12. The van der Waals surface area contributed by atoms with Crippen LogP contribution in [0.15, 0.2) is 36.4 Å². The lowest BCUT2D eigenvalue weighted by Crippen LogP contribution is -1.83. The molecule has 0 radical (unpaired) electrons. The second-order valence-electron chi connectivity index (χ2n) is 3.46. The van der Waals surface area contributed by atoms with Crippen LogP contribution in [0.4, 0.5) is 0 Å². The van der Waals surface area contributed by atoms with Crippen molar-refractivity contribution in [1.82, 2.24) is 0 Å². The molecule has 0 N–H and O–H groups in total. The van der Waals surface area contributed by atoms with Crippen molar-refractivity contribution in [3.05, 3.63) is 47.5 Å². The molecule has 0 heterocycles. The number of hydrogen-bond donors (Lipinski definition) is 0. The molecule has 0 nitrogen and oxygen atoms in total. The van der Waals surface area contributed by atoms with Gasteiger partial charge < -0.3 is 0 Å². The summed E-state index contributed by atoms with van der Waals surface area (Å²) in [5.41, 5.74) is 2.14. The van der Waals surface area contributed by atoms with Gasteiger partial charge in [-0.25, -0.2) is 0 Å². The zero-order chi connectivity index (χ0) is 11.4. The third-order valence-corrected chi connectivity index (χ3v) is 2.44. The Morgan fingerprint density at radius 3 is 1.50 bits per heavy atom. The molecule has 0 amide bonds. The van der Waals surface area contributed by atoms with Crippen molar-refractivity contribution in [2.24, 2.45) is 0 Å². The van der Waals surface area contributed by atoms with Gasteiger partial charge in [0, 0.05) is 11.1 Å². The number of fused-ring (bicyclic) bond motifs is 1. The first-order chi connectivity index (χ1) is 7.86. The molecule has 0 aliphatic carbocycles. The van der Waals surface area contributed by atoms with E-state index in [-0.39, 0.29) is 0 Å². The number of hydrogen-bond acceptors (Lipinski definition) is 0. The summed E-state index contributed by atoms with van der Waals surface area (Å²) in [4.78, 5) is 0. The zero-order valence-corrected chi connectivity index (χ0v) is 9.46. The fourth-order valence-electron chi connectivity index (χ4n) is 1.80. The fourth-order valence-corrected chi connectivity index (χ4v) is 1.80. The van der Waals surface area contributed by atoms with E-state index in [0.29, 0.717) is 0 Å². The highest BCUT2D eigenvalue weighted by Gasteiger charge is 2.00. The highest BCUT2D eigenvalue weighted by atomic mass is 14.0. The Morgan fingerprint density at radius 1 is 0.688 bits per heavy atom. The van der Waals surface area contributed by atoms with Gasteiger partial charge in [-0.1, -0.05) is 36.1 Å². The Kier molecular flexibility index (Phi) is 2.95. The summed E-state index contributed by atoms with van der Waals surface area (Å²) in [7, 11) is 0. The van der Waals surface area contributed by atoms with Crippen LogP contribution in [0.25, 0.3) is 10.8 Å². The van der Waals surface area contributed by atoms with Crippen LogP contribution >= 0.6 is 0 Å². The average Bonchev–Trinajstić information content (AvgIpc) is 2.31. The summed E-state index contributed by atoms with van der Waals surface area (Å²) in [6.07, 6.45) is 0. The van der Waals surface area contributed by atoms with Gasteiger partial charge in [0.15, 0.2) is 0 Å². The number of benzene rings is 2. The van der Waals surface area contributed by atoms with E-state index in [1.807, 2.05) is 38.1 Å². The van der Waals surface area contributed by atoms with E-state index in [1.165, 1.54) is 10.8 Å². The van der Waals surface area contributed by atoms with Crippen molar-refractivity contribution in [3.8, 4) is 23.7 Å². The van der Waals surface area contributed by atoms with Gasteiger partial charge in [0.2, 0.25) is 0 Å². The lowest BCUT2D eigenvalue weighted by atomic mass is 10.0. The van der Waals surface area contributed by atoms with Crippen LogP contribution in [-0.2, 0) is 0 Å². The Bertz CT molecular complexity index is 581. The molecule has 0 saturated heterocycles. The normalized spacial score (nSPS) is 8.88. The molecule has 0 fully saturated rings. The van der Waals surface area contributed by atoms with Crippen LogP contribution in [0, 0.1) is 23.7 Å². The fraction of sp³-hybridized carbons (Fsp3) is 0.125. The first kappa shape index (κ1) is 10.3. The standard InChI is InChI=1S/C16H12/c1-3-7-13-9-5-12-16-14(8-4-2)10-6-11-15(13)16/h5-6,9-12H,1-2H3. The summed E-state index contributed by atoms with van der Waals surface area (Å²) in [6.45, 7) is 3.71. The second kappa shape index (κ2) is 4.56. The van der Waals surface area contributed by atoms with Gasteiger partial charge in [-0.05, 0) is 36.8 Å². The van der Waals surface area contributed by atoms with Gasteiger partial charge in [0.1, 0.15) is 0 Å². The van der Waals surface area contributed by atoms with Crippen molar-refractivity contribution < 1.29 is 0 Å². The van der Waals surface area contributed by atoms with Gasteiger partial charge in [-0.3, -0.25) is 0 Å². The second-order valence-corrected chi connectivity index (χ2v) is 3.46. The maximum Gasteiger partial charge on any atom is 0.0324 e. The average molecular weight is 204 g/mol. The van der Waals surface area contributed by atoms with E-state index in [1.54, 1.807) is 0 Å². The quantitative estimate of drug-likeness (QED) is 0.575. The monoisotopic (exact) mass is 204 g/mol. The minimum Gasteiger partial charge on any atom is -0.101 e. The molecule has 0 heteroatoms. The molecule has 2 aromatic carbocycles. The predicted molar refractivity (Wildman–Crippen MR) is 69.1 cm³/mol. The van der Waals surface area contributed by atoms with Crippen LogP contribution in [0.3, 0.4) is 0 Å². The molecule has 2 aromatic rings. The molecule has 0 saturated carbocycles. The highest BCUT2D eigenvalue weighted by molar-refractivity contribution is 5.92. The zero-order valence-electron chi connectivity index (χ0n) is 9.46. The van der Waals surface area contributed by atoms with Gasteiger partial charge in [-0.15, -0.1) is 11.8 Å². The molecule has 2 rings (SSSR count). The molecule has 0 atom stereocenters. The highest BCUT2D eigenvalue weighted by Crippen LogP contribution is 2.21. The van der Waals surface area contributed by atoms with E-state index in [9.17, 15) is 0 Å². The van der Waals surface area contributed by atoms with Crippen LogP contribution in [0.2, 0.25) is 0 Å². The van der Waals surface area contributed by atoms with Gasteiger partial charge in [0.25, 0.3) is 0 Å². The molecule has 0 bridgehead atoms. The topological polar surface area (TPSA) is 0 Å². The lowest BCUT2D eigenvalue weighted by Gasteiger charge is -2.02. The molecule has 0 spiro atoms. The molecule has 16 heavy (non-hydrogen) atoms.